The van der Waals surface area contributed by atoms with Crippen molar-refractivity contribution < 1.29 is 0 Å². The number of hydrogen-bond acceptors (Lipinski definition) is 3. The number of nitrogens with zero attached hydrogens (tertiary/aromatic N) is 3. The Morgan fingerprint density at radius 3 is 0.941 bits per heavy atom. The maximum atomic E-state index is 7.83. The van der Waals surface area contributed by atoms with Crippen LogP contribution in [-0.2, 0) is 0 Å². The van der Waals surface area contributed by atoms with Gasteiger partial charge >= 0.3 is 0 Å². The Morgan fingerprint density at radius 1 is 0.412 bits per heavy atom. The molecule has 0 aliphatic rings. The van der Waals surface area contributed by atoms with Crippen LogP contribution in [0.3, 0.4) is 0 Å². The fraction of sp³-hybridized carbons (Fsp3) is 0.900. The molecule has 4 heteroatoms. The quantitative estimate of drug-likeness (QED) is 0.112. The Morgan fingerprint density at radius 2 is 0.676 bits per heavy atom. The highest BCUT2D eigenvalue weighted by Crippen LogP contribution is 2.61. The van der Waals surface area contributed by atoms with E-state index >= 15 is 0 Å². The Bertz CT molecular complexity index is 486. The summed E-state index contributed by atoms with van der Waals surface area (Å²) in [5, 5.41) is 23.5. The Labute approximate surface area is 215 Å². The van der Waals surface area contributed by atoms with Crippen molar-refractivity contribution in [2.24, 2.45) is 5.92 Å². The summed E-state index contributed by atoms with van der Waals surface area (Å²) in [5.41, 5.74) is 0. The minimum Gasteiger partial charge on any atom is -0.196 e. The second-order valence-electron chi connectivity index (χ2n) is 10.0. The van der Waals surface area contributed by atoms with Gasteiger partial charge in [-0.15, -0.1) is 0 Å². The normalized spacial score (nSPS) is 10.8. The van der Waals surface area contributed by atoms with E-state index in [1.165, 1.54) is 127 Å². The molecule has 0 bridgehead atoms. The molecule has 0 atom stereocenters. The summed E-state index contributed by atoms with van der Waals surface area (Å²) in [5.74, 6) is -1.10. The first-order valence-corrected chi connectivity index (χ1v) is 17.2. The minimum atomic E-state index is -1.10. The predicted octanol–water partition coefficient (Wildman–Crippen LogP) is 10.3. The highest BCUT2D eigenvalue weighted by Gasteiger charge is 2.34. The highest BCUT2D eigenvalue weighted by molar-refractivity contribution is 7.75. The molecule has 0 N–H and O–H groups in total. The molecule has 0 radical (unpaired) electrons. The van der Waals surface area contributed by atoms with E-state index in [-0.39, 0.29) is 0 Å². The van der Waals surface area contributed by atoms with Gasteiger partial charge in [0.15, 0.2) is 0 Å². The van der Waals surface area contributed by atoms with E-state index < -0.39 is 13.2 Å². The van der Waals surface area contributed by atoms with Gasteiger partial charge in [-0.05, 0) is 32.1 Å². The fourth-order valence-corrected chi connectivity index (χ4v) is 9.72. The molecule has 0 heterocycles. The molecule has 196 valence electrons. The largest absolute Gasteiger partial charge is 0.218 e. The minimum absolute atomic E-state index is 0.626. The molecule has 0 unspecified atom stereocenters. The molecule has 0 amide bonds. The van der Waals surface area contributed by atoms with Crippen LogP contribution in [0.15, 0.2) is 0 Å². The molecule has 0 saturated heterocycles. The van der Waals surface area contributed by atoms with E-state index in [4.69, 9.17) is 15.8 Å². The summed E-state index contributed by atoms with van der Waals surface area (Å²) in [6.45, 7) is 9.47. The van der Waals surface area contributed by atoms with Gasteiger partial charge in [-0.25, -0.2) is 0 Å². The van der Waals surface area contributed by atoms with Crippen molar-refractivity contribution in [3.63, 3.8) is 0 Å². The van der Waals surface area contributed by atoms with Crippen LogP contribution in [-0.4, -0.2) is 24.6 Å². The average molecular weight is 491 g/mol. The predicted molar refractivity (Wildman–Crippen MR) is 153 cm³/mol. The fourth-order valence-electron chi connectivity index (χ4n) is 4.53. The maximum Gasteiger partial charge on any atom is 0.218 e. The zero-order chi connectivity index (χ0) is 25.8. The van der Waals surface area contributed by atoms with Gasteiger partial charge in [0, 0.05) is 7.26 Å². The van der Waals surface area contributed by atoms with Gasteiger partial charge < -0.3 is 0 Å². The lowest BCUT2D eigenvalue weighted by molar-refractivity contribution is 0.548. The molecule has 0 aromatic heterocycles. The summed E-state index contributed by atoms with van der Waals surface area (Å²) < 4.78 is 0. The molecule has 0 spiro atoms. The molecule has 0 saturated carbocycles. The van der Waals surface area contributed by atoms with Crippen LogP contribution in [0, 0.1) is 39.9 Å². The first-order chi connectivity index (χ1) is 16.6. The molecule has 0 rings (SSSR count). The smallest absolute Gasteiger partial charge is 0.196 e. The average Bonchev–Trinajstić information content (AvgIpc) is 2.86. The number of nitriles is 3. The van der Waals surface area contributed by atoms with Gasteiger partial charge in [0.05, 0.1) is 42.9 Å². The van der Waals surface area contributed by atoms with Crippen LogP contribution >= 0.6 is 7.26 Å². The Kier molecular flexibility index (Phi) is 29.0. The zero-order valence-corrected chi connectivity index (χ0v) is 24.3. The highest BCUT2D eigenvalue weighted by atomic mass is 31.2. The van der Waals surface area contributed by atoms with Crippen molar-refractivity contribution in [3.05, 3.63) is 0 Å². The van der Waals surface area contributed by atoms with E-state index in [2.05, 4.69) is 27.7 Å². The van der Waals surface area contributed by atoms with Crippen molar-refractivity contribution >= 4 is 7.26 Å². The van der Waals surface area contributed by atoms with Crippen LogP contribution in [0.5, 0.6) is 0 Å². The summed E-state index contributed by atoms with van der Waals surface area (Å²) >= 11 is 0. The van der Waals surface area contributed by atoms with Gasteiger partial charge in [-0.2, -0.15) is 15.8 Å². The van der Waals surface area contributed by atoms with E-state index in [1.807, 2.05) is 0 Å². The van der Waals surface area contributed by atoms with Crippen LogP contribution in [0.2, 0.25) is 0 Å². The SMILES string of the molecule is CCCCCCCCCCCCCC[P+](CCCC)(CCCC)CCCC.N#CC(C#N)C#N. The monoisotopic (exact) mass is 490 g/mol. The van der Waals surface area contributed by atoms with Crippen molar-refractivity contribution in [2.45, 2.75) is 143 Å². The summed E-state index contributed by atoms with van der Waals surface area (Å²) in [6.07, 6.45) is 33.0. The van der Waals surface area contributed by atoms with E-state index in [1.54, 1.807) is 31.1 Å². The van der Waals surface area contributed by atoms with Crippen molar-refractivity contribution in [1.82, 2.24) is 0 Å². The van der Waals surface area contributed by atoms with Crippen LogP contribution in [0.4, 0.5) is 0 Å². The Balaban J connectivity index is 0. The van der Waals surface area contributed by atoms with E-state index in [9.17, 15) is 0 Å². The second kappa shape index (κ2) is 28.1. The van der Waals surface area contributed by atoms with Crippen LogP contribution in [0.25, 0.3) is 0 Å². The lowest BCUT2D eigenvalue weighted by Gasteiger charge is -2.28. The molecule has 34 heavy (non-hydrogen) atoms. The Hall–Kier alpha value is -1.10. The first-order valence-electron chi connectivity index (χ1n) is 14.6. The third kappa shape index (κ3) is 22.7. The summed E-state index contributed by atoms with van der Waals surface area (Å²) in [6, 6.07) is 4.44. The third-order valence-corrected chi connectivity index (χ3v) is 11.9. The molecule has 3 nitrogen and oxygen atoms in total. The van der Waals surface area contributed by atoms with Crippen molar-refractivity contribution in [2.75, 3.05) is 24.6 Å². The van der Waals surface area contributed by atoms with E-state index in [0.717, 1.165) is 0 Å². The first kappa shape index (κ1) is 35.1. The zero-order valence-electron chi connectivity index (χ0n) is 23.4. The summed E-state index contributed by atoms with van der Waals surface area (Å²) in [4.78, 5) is 0. The number of rotatable bonds is 22. The van der Waals surface area contributed by atoms with Gasteiger partial charge in [-0.3, -0.25) is 0 Å². The number of unbranched alkanes of at least 4 members (excludes halogenated alkanes) is 14. The van der Waals surface area contributed by atoms with Crippen LogP contribution in [0.1, 0.15) is 143 Å². The topological polar surface area (TPSA) is 71.4 Å². The number of hydrogen-bond donors (Lipinski definition) is 0. The maximum absolute atomic E-state index is 7.83. The lowest BCUT2D eigenvalue weighted by atomic mass is 10.1. The van der Waals surface area contributed by atoms with Crippen molar-refractivity contribution in [1.29, 1.82) is 15.8 Å². The molecule has 0 aromatic carbocycles. The molecule has 0 aromatic rings. The molecular formula is C30H57N3P+. The van der Waals surface area contributed by atoms with Crippen LogP contribution < -0.4 is 0 Å². The molecule has 0 aliphatic carbocycles. The van der Waals surface area contributed by atoms with Gasteiger partial charge in [0.1, 0.15) is 0 Å². The van der Waals surface area contributed by atoms with Gasteiger partial charge in [-0.1, -0.05) is 111 Å². The molecular weight excluding hydrogens is 433 g/mol. The lowest BCUT2D eigenvalue weighted by Crippen LogP contribution is -2.13. The summed E-state index contributed by atoms with van der Waals surface area (Å²) in [7, 11) is -0.626. The second-order valence-corrected chi connectivity index (χ2v) is 14.5. The molecule has 0 fully saturated rings. The molecule has 0 aliphatic heterocycles. The van der Waals surface area contributed by atoms with Gasteiger partial charge in [0.25, 0.3) is 0 Å². The van der Waals surface area contributed by atoms with Crippen molar-refractivity contribution in [3.8, 4) is 18.2 Å². The standard InChI is InChI=1S/C26H56P.C4HN3/c1-5-9-13-14-15-16-17-18-19-20-21-22-26-27(23-10-6-2,24-11-7-3)25-12-8-4;5-1-4(2-6)3-7/h5-26H2,1-4H3;4H/q+1;. The third-order valence-electron chi connectivity index (χ3n) is 6.83. The van der Waals surface area contributed by atoms with Gasteiger partial charge in [0.2, 0.25) is 5.92 Å². The van der Waals surface area contributed by atoms with E-state index in [0.29, 0.717) is 0 Å².